The van der Waals surface area contributed by atoms with Crippen molar-refractivity contribution in [1.82, 2.24) is 34.1 Å². The SMILES string of the molecule is CCNc1nc(-n2ccnc2)nc(-n2cnc(C)c2C)n1. The lowest BCUT2D eigenvalue weighted by molar-refractivity contribution is 0.824. The monoisotopic (exact) mass is 284 g/mol. The van der Waals surface area contributed by atoms with E-state index in [9.17, 15) is 0 Å². The molecule has 0 aliphatic carbocycles. The number of rotatable bonds is 4. The van der Waals surface area contributed by atoms with Crippen LogP contribution in [0.15, 0.2) is 25.0 Å². The molecule has 8 nitrogen and oxygen atoms in total. The molecule has 0 amide bonds. The van der Waals surface area contributed by atoms with Crippen LogP contribution in [0.1, 0.15) is 18.3 Å². The van der Waals surface area contributed by atoms with Gasteiger partial charge in [0.2, 0.25) is 17.8 Å². The van der Waals surface area contributed by atoms with Gasteiger partial charge in [-0.05, 0) is 20.8 Å². The lowest BCUT2D eigenvalue weighted by atomic mass is 10.4. The molecule has 0 atom stereocenters. The molecule has 3 heterocycles. The van der Waals surface area contributed by atoms with Gasteiger partial charge >= 0.3 is 0 Å². The first-order valence-electron chi connectivity index (χ1n) is 6.68. The smallest absolute Gasteiger partial charge is 0.241 e. The lowest BCUT2D eigenvalue weighted by Crippen LogP contribution is -2.12. The molecule has 21 heavy (non-hydrogen) atoms. The number of aryl methyl sites for hydroxylation is 1. The summed E-state index contributed by atoms with van der Waals surface area (Å²) in [6.45, 7) is 6.66. The molecule has 3 rings (SSSR count). The quantitative estimate of drug-likeness (QED) is 0.777. The summed E-state index contributed by atoms with van der Waals surface area (Å²) in [5.41, 5.74) is 1.95. The second-order valence-corrected chi connectivity index (χ2v) is 4.54. The highest BCUT2D eigenvalue weighted by molar-refractivity contribution is 5.34. The van der Waals surface area contributed by atoms with Crippen molar-refractivity contribution in [2.45, 2.75) is 20.8 Å². The molecule has 0 saturated heterocycles. The van der Waals surface area contributed by atoms with Gasteiger partial charge in [-0.2, -0.15) is 15.0 Å². The number of anilines is 1. The van der Waals surface area contributed by atoms with Gasteiger partial charge in [-0.25, -0.2) is 9.97 Å². The molecule has 0 spiro atoms. The number of hydrogen-bond donors (Lipinski definition) is 1. The van der Waals surface area contributed by atoms with Crippen molar-refractivity contribution in [3.63, 3.8) is 0 Å². The zero-order valence-corrected chi connectivity index (χ0v) is 12.1. The third kappa shape index (κ3) is 2.47. The summed E-state index contributed by atoms with van der Waals surface area (Å²) >= 11 is 0. The van der Waals surface area contributed by atoms with E-state index in [0.29, 0.717) is 17.8 Å². The van der Waals surface area contributed by atoms with Crippen molar-refractivity contribution in [2.75, 3.05) is 11.9 Å². The van der Waals surface area contributed by atoms with E-state index in [-0.39, 0.29) is 0 Å². The van der Waals surface area contributed by atoms with E-state index in [2.05, 4.69) is 30.2 Å². The summed E-state index contributed by atoms with van der Waals surface area (Å²) in [5, 5.41) is 3.12. The average molecular weight is 284 g/mol. The minimum atomic E-state index is 0.513. The Labute approximate surface area is 121 Å². The minimum Gasteiger partial charge on any atom is -0.354 e. The van der Waals surface area contributed by atoms with Gasteiger partial charge in [0.1, 0.15) is 12.7 Å². The third-order valence-corrected chi connectivity index (χ3v) is 3.15. The molecule has 108 valence electrons. The van der Waals surface area contributed by atoms with Gasteiger partial charge in [-0.3, -0.25) is 9.13 Å². The summed E-state index contributed by atoms with van der Waals surface area (Å²) in [4.78, 5) is 21.6. The van der Waals surface area contributed by atoms with E-state index >= 15 is 0 Å². The fourth-order valence-electron chi connectivity index (χ4n) is 1.89. The molecule has 0 unspecified atom stereocenters. The normalized spacial score (nSPS) is 10.8. The molecule has 1 N–H and O–H groups in total. The number of nitrogens with zero attached hydrogens (tertiary/aromatic N) is 7. The van der Waals surface area contributed by atoms with Gasteiger partial charge in [0.15, 0.2) is 0 Å². The molecule has 0 aliphatic heterocycles. The fraction of sp³-hybridized carbons (Fsp3) is 0.308. The van der Waals surface area contributed by atoms with Crippen molar-refractivity contribution >= 4 is 5.95 Å². The third-order valence-electron chi connectivity index (χ3n) is 3.15. The van der Waals surface area contributed by atoms with Crippen LogP contribution in [-0.2, 0) is 0 Å². The Balaban J connectivity index is 2.13. The molecular weight excluding hydrogens is 268 g/mol. The van der Waals surface area contributed by atoms with Crippen LogP contribution >= 0.6 is 0 Å². The van der Waals surface area contributed by atoms with Crippen molar-refractivity contribution in [3.8, 4) is 11.9 Å². The summed E-state index contributed by atoms with van der Waals surface area (Å²) in [6.07, 6.45) is 6.85. The molecule has 0 aromatic carbocycles. The number of hydrogen-bond acceptors (Lipinski definition) is 6. The maximum Gasteiger partial charge on any atom is 0.241 e. The van der Waals surface area contributed by atoms with Gasteiger partial charge < -0.3 is 5.32 Å². The first-order valence-corrected chi connectivity index (χ1v) is 6.68. The summed E-state index contributed by atoms with van der Waals surface area (Å²) in [6, 6.07) is 0. The minimum absolute atomic E-state index is 0.513. The fourth-order valence-corrected chi connectivity index (χ4v) is 1.89. The molecule has 3 aromatic heterocycles. The van der Waals surface area contributed by atoms with Crippen LogP contribution in [0, 0.1) is 13.8 Å². The maximum atomic E-state index is 4.49. The van der Waals surface area contributed by atoms with Crippen molar-refractivity contribution in [1.29, 1.82) is 0 Å². The molecule has 3 aromatic rings. The van der Waals surface area contributed by atoms with E-state index < -0.39 is 0 Å². The predicted octanol–water partition coefficient (Wildman–Crippen LogP) is 1.29. The van der Waals surface area contributed by atoms with Crippen molar-refractivity contribution in [3.05, 3.63) is 36.4 Å². The summed E-state index contributed by atoms with van der Waals surface area (Å²) in [5.74, 6) is 1.57. The molecular formula is C13H16N8. The molecule has 0 saturated carbocycles. The Hall–Kier alpha value is -2.77. The van der Waals surface area contributed by atoms with Crippen LogP contribution in [0.5, 0.6) is 0 Å². The van der Waals surface area contributed by atoms with Gasteiger partial charge in [-0.1, -0.05) is 0 Å². The molecule has 8 heteroatoms. The van der Waals surface area contributed by atoms with E-state index in [0.717, 1.165) is 17.9 Å². The molecule has 0 radical (unpaired) electrons. The highest BCUT2D eigenvalue weighted by atomic mass is 15.3. The van der Waals surface area contributed by atoms with Crippen LogP contribution in [-0.4, -0.2) is 40.6 Å². The Morgan fingerprint density at radius 2 is 1.90 bits per heavy atom. The molecule has 0 aliphatic rings. The van der Waals surface area contributed by atoms with Crippen LogP contribution in [0.2, 0.25) is 0 Å². The van der Waals surface area contributed by atoms with Crippen LogP contribution in [0.25, 0.3) is 11.9 Å². The summed E-state index contributed by atoms with van der Waals surface area (Å²) < 4.78 is 3.59. The Morgan fingerprint density at radius 3 is 2.52 bits per heavy atom. The molecule has 0 bridgehead atoms. The Bertz CT molecular complexity index is 744. The van der Waals surface area contributed by atoms with E-state index in [1.54, 1.807) is 29.6 Å². The lowest BCUT2D eigenvalue weighted by Gasteiger charge is -2.09. The zero-order valence-electron chi connectivity index (χ0n) is 12.1. The number of imidazole rings is 2. The molecule has 0 fully saturated rings. The van der Waals surface area contributed by atoms with Gasteiger partial charge in [0, 0.05) is 24.6 Å². The maximum absolute atomic E-state index is 4.49. The highest BCUT2D eigenvalue weighted by Crippen LogP contribution is 2.13. The average Bonchev–Trinajstić information content (AvgIpc) is 3.11. The van der Waals surface area contributed by atoms with E-state index in [4.69, 9.17) is 0 Å². The first kappa shape index (κ1) is 13.2. The summed E-state index contributed by atoms with van der Waals surface area (Å²) in [7, 11) is 0. The predicted molar refractivity (Wildman–Crippen MR) is 77.7 cm³/mol. The number of aromatic nitrogens is 7. The van der Waals surface area contributed by atoms with Gasteiger partial charge in [-0.15, -0.1) is 0 Å². The largest absolute Gasteiger partial charge is 0.354 e. The Kier molecular flexibility index (Phi) is 3.35. The second kappa shape index (κ2) is 5.31. The van der Waals surface area contributed by atoms with E-state index in [1.807, 2.05) is 25.3 Å². The number of nitrogens with one attached hydrogen (secondary N) is 1. The van der Waals surface area contributed by atoms with Crippen molar-refractivity contribution < 1.29 is 0 Å². The zero-order chi connectivity index (χ0) is 14.8. The van der Waals surface area contributed by atoms with Crippen LogP contribution in [0.4, 0.5) is 5.95 Å². The topological polar surface area (TPSA) is 86.3 Å². The highest BCUT2D eigenvalue weighted by Gasteiger charge is 2.12. The second-order valence-electron chi connectivity index (χ2n) is 4.54. The Morgan fingerprint density at radius 1 is 1.10 bits per heavy atom. The van der Waals surface area contributed by atoms with Crippen LogP contribution < -0.4 is 5.32 Å². The first-order chi connectivity index (χ1) is 10.2. The van der Waals surface area contributed by atoms with Crippen LogP contribution in [0.3, 0.4) is 0 Å². The standard InChI is InChI=1S/C13H16N8/c1-4-15-11-17-12(20-6-5-14-7-20)19-13(18-11)21-8-16-9(2)10(21)3/h5-8H,4H2,1-3H3,(H,15,17,18,19). The van der Waals surface area contributed by atoms with E-state index in [1.165, 1.54) is 0 Å². The van der Waals surface area contributed by atoms with Gasteiger partial charge in [0.25, 0.3) is 0 Å². The van der Waals surface area contributed by atoms with Gasteiger partial charge in [0.05, 0.1) is 5.69 Å². The van der Waals surface area contributed by atoms with Crippen molar-refractivity contribution in [2.24, 2.45) is 0 Å².